The number of aromatic nitrogens is 1. The van der Waals surface area contributed by atoms with Crippen molar-refractivity contribution in [2.75, 3.05) is 0 Å². The van der Waals surface area contributed by atoms with E-state index in [9.17, 15) is 0 Å². The molecule has 0 aromatic carbocycles. The molecule has 2 heteroatoms. The van der Waals surface area contributed by atoms with Crippen LogP contribution in [0.2, 0.25) is 0 Å². The van der Waals surface area contributed by atoms with Gasteiger partial charge in [-0.2, -0.15) is 0 Å². The van der Waals surface area contributed by atoms with Gasteiger partial charge < -0.3 is 4.74 Å². The van der Waals surface area contributed by atoms with Gasteiger partial charge in [-0.1, -0.05) is 19.9 Å². The lowest BCUT2D eigenvalue weighted by molar-refractivity contribution is 0.163. The summed E-state index contributed by atoms with van der Waals surface area (Å²) in [5, 5.41) is 0. The molecule has 0 radical (unpaired) electrons. The maximum absolute atomic E-state index is 5.56. The summed E-state index contributed by atoms with van der Waals surface area (Å²) in [5.74, 6) is 1.23. The van der Waals surface area contributed by atoms with E-state index in [0.29, 0.717) is 11.8 Å². The molecule has 0 saturated carbocycles. The fourth-order valence-electron chi connectivity index (χ4n) is 0.743. The van der Waals surface area contributed by atoms with Gasteiger partial charge in [-0.05, 0) is 18.9 Å². The Kier molecular flexibility index (Phi) is 3.09. The van der Waals surface area contributed by atoms with Gasteiger partial charge in [0.2, 0.25) is 5.88 Å². The fraction of sp³-hybridized carbons (Fsp3) is 0.500. The highest BCUT2D eigenvalue weighted by Crippen LogP contribution is 2.11. The minimum Gasteiger partial charge on any atom is -0.474 e. The summed E-state index contributed by atoms with van der Waals surface area (Å²) in [7, 11) is 0. The van der Waals surface area contributed by atoms with Crippen LogP contribution in [0, 0.1) is 5.92 Å². The van der Waals surface area contributed by atoms with E-state index in [1.54, 1.807) is 6.20 Å². The molecule has 0 fully saturated rings. The van der Waals surface area contributed by atoms with E-state index in [0.717, 1.165) is 0 Å². The summed E-state index contributed by atoms with van der Waals surface area (Å²) in [4.78, 5) is 4.08. The normalized spacial score (nSPS) is 13.0. The molecular weight excluding hydrogens is 150 g/mol. The third-order valence-electron chi connectivity index (χ3n) is 1.88. The first kappa shape index (κ1) is 9.04. The number of hydrogen-bond acceptors (Lipinski definition) is 2. The van der Waals surface area contributed by atoms with Crippen molar-refractivity contribution in [2.45, 2.75) is 26.9 Å². The molecule has 0 N–H and O–H groups in total. The first-order valence-corrected chi connectivity index (χ1v) is 4.28. The molecule has 66 valence electrons. The maximum atomic E-state index is 5.56. The molecular formula is C10H15NO. The molecule has 0 spiro atoms. The second kappa shape index (κ2) is 4.10. The molecule has 0 saturated heterocycles. The minimum atomic E-state index is 0.222. The minimum absolute atomic E-state index is 0.222. The average Bonchev–Trinajstić information content (AvgIpc) is 2.06. The molecule has 0 amide bonds. The predicted molar refractivity (Wildman–Crippen MR) is 49.2 cm³/mol. The fourth-order valence-corrected chi connectivity index (χ4v) is 0.743. The van der Waals surface area contributed by atoms with E-state index in [2.05, 4.69) is 25.8 Å². The van der Waals surface area contributed by atoms with Crippen molar-refractivity contribution in [1.29, 1.82) is 0 Å². The number of nitrogens with zero attached hydrogens (tertiary/aromatic N) is 1. The Morgan fingerprint density at radius 1 is 1.25 bits per heavy atom. The molecule has 0 aliphatic heterocycles. The Hall–Kier alpha value is -1.05. The van der Waals surface area contributed by atoms with Gasteiger partial charge in [0.25, 0.3) is 0 Å². The Morgan fingerprint density at radius 2 is 2.00 bits per heavy atom. The van der Waals surface area contributed by atoms with Crippen LogP contribution in [0.25, 0.3) is 0 Å². The van der Waals surface area contributed by atoms with Gasteiger partial charge in [0, 0.05) is 12.3 Å². The number of hydrogen-bond donors (Lipinski definition) is 0. The predicted octanol–water partition coefficient (Wildman–Crippen LogP) is 2.50. The lowest BCUT2D eigenvalue weighted by Gasteiger charge is -2.16. The molecule has 1 aromatic heterocycles. The van der Waals surface area contributed by atoms with Gasteiger partial charge in [-0.15, -0.1) is 0 Å². The Bertz CT molecular complexity index is 221. The molecule has 1 rings (SSSR count). The van der Waals surface area contributed by atoms with Gasteiger partial charge in [0.05, 0.1) is 6.10 Å². The standard InChI is InChI=1S/C10H15NO/c1-8(2)9(3)12-10-6-4-5-7-11-10/h4-9H,1-3H3. The highest BCUT2D eigenvalue weighted by Gasteiger charge is 2.08. The molecule has 0 bridgehead atoms. The number of ether oxygens (including phenoxy) is 1. The number of pyridine rings is 1. The van der Waals surface area contributed by atoms with Crippen molar-refractivity contribution in [2.24, 2.45) is 5.92 Å². The first-order chi connectivity index (χ1) is 5.70. The summed E-state index contributed by atoms with van der Waals surface area (Å²) >= 11 is 0. The molecule has 1 atom stereocenters. The monoisotopic (exact) mass is 165 g/mol. The molecule has 1 aromatic rings. The zero-order valence-electron chi connectivity index (χ0n) is 7.82. The van der Waals surface area contributed by atoms with Crippen molar-refractivity contribution in [3.05, 3.63) is 24.4 Å². The highest BCUT2D eigenvalue weighted by atomic mass is 16.5. The lowest BCUT2D eigenvalue weighted by atomic mass is 10.1. The van der Waals surface area contributed by atoms with Crippen molar-refractivity contribution in [1.82, 2.24) is 4.98 Å². The second-order valence-electron chi connectivity index (χ2n) is 3.23. The van der Waals surface area contributed by atoms with Crippen LogP contribution in [0.3, 0.4) is 0 Å². The van der Waals surface area contributed by atoms with E-state index >= 15 is 0 Å². The van der Waals surface area contributed by atoms with Gasteiger partial charge in [0.1, 0.15) is 0 Å². The van der Waals surface area contributed by atoms with Gasteiger partial charge >= 0.3 is 0 Å². The van der Waals surface area contributed by atoms with Gasteiger partial charge in [0.15, 0.2) is 0 Å². The Balaban J connectivity index is 2.53. The largest absolute Gasteiger partial charge is 0.474 e. The summed E-state index contributed by atoms with van der Waals surface area (Å²) in [6.07, 6.45) is 1.96. The summed E-state index contributed by atoms with van der Waals surface area (Å²) in [5.41, 5.74) is 0. The molecule has 2 nitrogen and oxygen atoms in total. The van der Waals surface area contributed by atoms with E-state index in [1.165, 1.54) is 0 Å². The second-order valence-corrected chi connectivity index (χ2v) is 3.23. The third-order valence-corrected chi connectivity index (χ3v) is 1.88. The number of rotatable bonds is 3. The zero-order valence-corrected chi connectivity index (χ0v) is 7.82. The van der Waals surface area contributed by atoms with E-state index < -0.39 is 0 Å². The summed E-state index contributed by atoms with van der Waals surface area (Å²) in [6, 6.07) is 5.68. The van der Waals surface area contributed by atoms with Crippen molar-refractivity contribution in [3.63, 3.8) is 0 Å². The van der Waals surface area contributed by atoms with Gasteiger partial charge in [-0.25, -0.2) is 4.98 Å². The van der Waals surface area contributed by atoms with Crippen LogP contribution in [0.15, 0.2) is 24.4 Å². The Labute approximate surface area is 73.6 Å². The van der Waals surface area contributed by atoms with E-state index in [-0.39, 0.29) is 6.10 Å². The van der Waals surface area contributed by atoms with E-state index in [1.807, 2.05) is 18.2 Å². The summed E-state index contributed by atoms with van der Waals surface area (Å²) in [6.45, 7) is 6.32. The highest BCUT2D eigenvalue weighted by molar-refractivity contribution is 5.09. The first-order valence-electron chi connectivity index (χ1n) is 4.28. The van der Waals surface area contributed by atoms with Crippen LogP contribution < -0.4 is 4.74 Å². The topological polar surface area (TPSA) is 22.1 Å². The third kappa shape index (κ3) is 2.53. The van der Waals surface area contributed by atoms with E-state index in [4.69, 9.17) is 4.74 Å². The molecule has 12 heavy (non-hydrogen) atoms. The van der Waals surface area contributed by atoms with Crippen LogP contribution in [0.1, 0.15) is 20.8 Å². The quantitative estimate of drug-likeness (QED) is 0.686. The van der Waals surface area contributed by atoms with Crippen molar-refractivity contribution < 1.29 is 4.74 Å². The summed E-state index contributed by atoms with van der Waals surface area (Å²) < 4.78 is 5.56. The van der Waals surface area contributed by atoms with Crippen molar-refractivity contribution in [3.8, 4) is 5.88 Å². The van der Waals surface area contributed by atoms with Crippen LogP contribution in [-0.4, -0.2) is 11.1 Å². The van der Waals surface area contributed by atoms with Gasteiger partial charge in [-0.3, -0.25) is 0 Å². The molecule has 0 aliphatic rings. The zero-order chi connectivity index (χ0) is 8.97. The van der Waals surface area contributed by atoms with Crippen LogP contribution >= 0.6 is 0 Å². The average molecular weight is 165 g/mol. The molecule has 1 heterocycles. The van der Waals surface area contributed by atoms with Crippen LogP contribution in [-0.2, 0) is 0 Å². The van der Waals surface area contributed by atoms with Crippen molar-refractivity contribution >= 4 is 0 Å². The lowest BCUT2D eigenvalue weighted by Crippen LogP contribution is -2.18. The SMILES string of the molecule is CC(C)C(C)Oc1ccccn1. The maximum Gasteiger partial charge on any atom is 0.213 e. The molecule has 1 unspecified atom stereocenters. The van der Waals surface area contributed by atoms with Crippen LogP contribution in [0.4, 0.5) is 0 Å². The Morgan fingerprint density at radius 3 is 2.50 bits per heavy atom. The molecule has 0 aliphatic carbocycles. The van der Waals surface area contributed by atoms with Crippen LogP contribution in [0.5, 0.6) is 5.88 Å². The smallest absolute Gasteiger partial charge is 0.213 e.